The molecule has 4 heteroatoms. The summed E-state index contributed by atoms with van der Waals surface area (Å²) in [6.45, 7) is 2.52. The minimum atomic E-state index is -0.515. The van der Waals surface area contributed by atoms with Gasteiger partial charge in [0.25, 0.3) is 0 Å². The monoisotopic (exact) mass is 250 g/mol. The molecule has 0 aliphatic rings. The fourth-order valence-electron chi connectivity index (χ4n) is 1.73. The summed E-state index contributed by atoms with van der Waals surface area (Å²) >= 11 is 0. The topological polar surface area (TPSA) is 64.3 Å². The molecule has 0 aliphatic heterocycles. The summed E-state index contributed by atoms with van der Waals surface area (Å²) in [5.41, 5.74) is 6.96. The first-order chi connectivity index (χ1) is 8.67. The second kappa shape index (κ2) is 7.84. The van der Waals surface area contributed by atoms with Gasteiger partial charge in [-0.15, -0.1) is 0 Å². The van der Waals surface area contributed by atoms with Crippen LogP contribution in [0.1, 0.15) is 18.9 Å². The van der Waals surface area contributed by atoms with Gasteiger partial charge in [0.1, 0.15) is 0 Å². The highest BCUT2D eigenvalue weighted by atomic mass is 16.5. The summed E-state index contributed by atoms with van der Waals surface area (Å²) in [6.07, 6.45) is 1.38. The van der Waals surface area contributed by atoms with Crippen molar-refractivity contribution in [3.63, 3.8) is 0 Å². The molecule has 0 spiro atoms. The summed E-state index contributed by atoms with van der Waals surface area (Å²) < 4.78 is 5.04. The predicted octanol–water partition coefficient (Wildman–Crippen LogP) is 1.10. The minimum Gasteiger partial charge on any atom is -0.383 e. The Morgan fingerprint density at radius 2 is 2.06 bits per heavy atom. The van der Waals surface area contributed by atoms with Crippen LogP contribution in [0.4, 0.5) is 0 Å². The summed E-state index contributed by atoms with van der Waals surface area (Å²) in [4.78, 5) is 11.9. The van der Waals surface area contributed by atoms with E-state index in [-0.39, 0.29) is 11.9 Å². The van der Waals surface area contributed by atoms with Crippen LogP contribution in [0, 0.1) is 0 Å². The van der Waals surface area contributed by atoms with Crippen LogP contribution in [0.15, 0.2) is 30.3 Å². The number of carbonyl (C=O) groups is 1. The van der Waals surface area contributed by atoms with Gasteiger partial charge in [0, 0.05) is 7.11 Å². The molecular formula is C14H22N2O2. The van der Waals surface area contributed by atoms with E-state index in [0.717, 1.165) is 12.0 Å². The van der Waals surface area contributed by atoms with E-state index in [9.17, 15) is 4.79 Å². The average molecular weight is 250 g/mol. The zero-order chi connectivity index (χ0) is 13.4. The molecule has 1 amide bonds. The first kappa shape index (κ1) is 14.7. The lowest BCUT2D eigenvalue weighted by Gasteiger charge is -2.19. The van der Waals surface area contributed by atoms with E-state index in [1.54, 1.807) is 7.11 Å². The van der Waals surface area contributed by atoms with Gasteiger partial charge in [-0.1, -0.05) is 37.3 Å². The average Bonchev–Trinajstić information content (AvgIpc) is 2.39. The number of ether oxygens (including phenoxy) is 1. The molecule has 100 valence electrons. The number of nitrogens with two attached hydrogens (primary N) is 1. The lowest BCUT2D eigenvalue weighted by Crippen LogP contribution is -2.47. The van der Waals surface area contributed by atoms with E-state index in [0.29, 0.717) is 13.0 Å². The van der Waals surface area contributed by atoms with Crippen molar-refractivity contribution in [2.75, 3.05) is 13.7 Å². The van der Waals surface area contributed by atoms with Gasteiger partial charge in [-0.3, -0.25) is 4.79 Å². The normalized spacial score (nSPS) is 13.9. The van der Waals surface area contributed by atoms with Gasteiger partial charge in [-0.2, -0.15) is 0 Å². The number of carbonyl (C=O) groups excluding carboxylic acids is 1. The van der Waals surface area contributed by atoms with Crippen LogP contribution in [0.3, 0.4) is 0 Å². The molecule has 3 N–H and O–H groups in total. The largest absolute Gasteiger partial charge is 0.383 e. The molecule has 1 aromatic rings. The fraction of sp³-hybridized carbons (Fsp3) is 0.500. The van der Waals surface area contributed by atoms with Gasteiger partial charge < -0.3 is 15.8 Å². The number of benzene rings is 1. The van der Waals surface area contributed by atoms with Crippen LogP contribution in [0.25, 0.3) is 0 Å². The Kier molecular flexibility index (Phi) is 6.39. The quantitative estimate of drug-likeness (QED) is 0.761. The Balaban J connectivity index is 2.46. The van der Waals surface area contributed by atoms with Gasteiger partial charge in [-0.25, -0.2) is 0 Å². The van der Waals surface area contributed by atoms with E-state index in [1.165, 1.54) is 0 Å². The van der Waals surface area contributed by atoms with E-state index >= 15 is 0 Å². The van der Waals surface area contributed by atoms with E-state index < -0.39 is 6.04 Å². The number of nitrogens with one attached hydrogen (secondary N) is 1. The van der Waals surface area contributed by atoms with Crippen molar-refractivity contribution in [3.8, 4) is 0 Å². The second-order valence-corrected chi connectivity index (χ2v) is 4.37. The Morgan fingerprint density at radius 1 is 1.39 bits per heavy atom. The third-order valence-electron chi connectivity index (χ3n) is 2.84. The Bertz CT molecular complexity index is 354. The molecule has 0 aromatic heterocycles. The highest BCUT2D eigenvalue weighted by Gasteiger charge is 2.17. The molecule has 4 nitrogen and oxygen atoms in total. The van der Waals surface area contributed by atoms with Gasteiger partial charge in [-0.05, 0) is 18.4 Å². The SMILES string of the molecule is CCC(COC)NC(=O)C(N)Cc1ccccc1. The number of amides is 1. The number of hydrogen-bond acceptors (Lipinski definition) is 3. The molecule has 0 radical (unpaired) electrons. The Labute approximate surface area is 109 Å². The highest BCUT2D eigenvalue weighted by Crippen LogP contribution is 2.02. The first-order valence-corrected chi connectivity index (χ1v) is 6.26. The smallest absolute Gasteiger partial charge is 0.237 e. The maximum Gasteiger partial charge on any atom is 0.237 e. The van der Waals surface area contributed by atoms with Crippen molar-refractivity contribution in [1.82, 2.24) is 5.32 Å². The molecule has 0 saturated carbocycles. The molecule has 1 rings (SSSR count). The van der Waals surface area contributed by atoms with E-state index in [2.05, 4.69) is 5.32 Å². The van der Waals surface area contributed by atoms with Crippen molar-refractivity contribution in [2.24, 2.45) is 5.73 Å². The number of rotatable bonds is 7. The van der Waals surface area contributed by atoms with Gasteiger partial charge in [0.15, 0.2) is 0 Å². The van der Waals surface area contributed by atoms with Crippen molar-refractivity contribution in [3.05, 3.63) is 35.9 Å². The van der Waals surface area contributed by atoms with Crippen LogP contribution in [-0.2, 0) is 16.0 Å². The third kappa shape index (κ3) is 4.85. The number of hydrogen-bond donors (Lipinski definition) is 2. The molecule has 0 bridgehead atoms. The molecule has 2 atom stereocenters. The minimum absolute atomic E-state index is 0.0318. The molecular weight excluding hydrogens is 228 g/mol. The molecule has 2 unspecified atom stereocenters. The summed E-state index contributed by atoms with van der Waals surface area (Å²) in [5.74, 6) is -0.122. The van der Waals surface area contributed by atoms with Crippen LogP contribution >= 0.6 is 0 Å². The lowest BCUT2D eigenvalue weighted by molar-refractivity contribution is -0.123. The van der Waals surface area contributed by atoms with Crippen molar-refractivity contribution < 1.29 is 9.53 Å². The molecule has 0 aliphatic carbocycles. The summed E-state index contributed by atoms with van der Waals surface area (Å²) in [6, 6.07) is 9.29. The standard InChI is InChI=1S/C14H22N2O2/c1-3-12(10-18-2)16-14(17)13(15)9-11-7-5-4-6-8-11/h4-8,12-13H,3,9-10,15H2,1-2H3,(H,16,17). The van der Waals surface area contributed by atoms with Crippen LogP contribution < -0.4 is 11.1 Å². The number of methoxy groups -OCH3 is 1. The fourth-order valence-corrected chi connectivity index (χ4v) is 1.73. The zero-order valence-corrected chi connectivity index (χ0v) is 11.1. The van der Waals surface area contributed by atoms with E-state index in [1.807, 2.05) is 37.3 Å². The molecule has 0 saturated heterocycles. The van der Waals surface area contributed by atoms with Crippen molar-refractivity contribution in [2.45, 2.75) is 31.8 Å². The lowest BCUT2D eigenvalue weighted by atomic mass is 10.1. The van der Waals surface area contributed by atoms with Gasteiger partial charge in [0.2, 0.25) is 5.91 Å². The van der Waals surface area contributed by atoms with Gasteiger partial charge in [0.05, 0.1) is 18.7 Å². The third-order valence-corrected chi connectivity index (χ3v) is 2.84. The maximum atomic E-state index is 11.9. The van der Waals surface area contributed by atoms with E-state index in [4.69, 9.17) is 10.5 Å². The van der Waals surface area contributed by atoms with Crippen LogP contribution in [-0.4, -0.2) is 31.7 Å². The second-order valence-electron chi connectivity index (χ2n) is 4.37. The van der Waals surface area contributed by atoms with Crippen LogP contribution in [0.2, 0.25) is 0 Å². The molecule has 0 heterocycles. The highest BCUT2D eigenvalue weighted by molar-refractivity contribution is 5.82. The maximum absolute atomic E-state index is 11.9. The molecule has 18 heavy (non-hydrogen) atoms. The van der Waals surface area contributed by atoms with Gasteiger partial charge >= 0.3 is 0 Å². The Morgan fingerprint density at radius 3 is 2.61 bits per heavy atom. The zero-order valence-electron chi connectivity index (χ0n) is 11.1. The Hall–Kier alpha value is -1.39. The summed E-state index contributed by atoms with van der Waals surface area (Å²) in [7, 11) is 1.62. The van der Waals surface area contributed by atoms with Crippen molar-refractivity contribution >= 4 is 5.91 Å². The summed E-state index contributed by atoms with van der Waals surface area (Å²) in [5, 5.41) is 2.90. The first-order valence-electron chi connectivity index (χ1n) is 6.26. The van der Waals surface area contributed by atoms with Crippen molar-refractivity contribution in [1.29, 1.82) is 0 Å². The molecule has 0 fully saturated rings. The molecule has 1 aromatic carbocycles. The van der Waals surface area contributed by atoms with Crippen LogP contribution in [0.5, 0.6) is 0 Å². The predicted molar refractivity (Wildman–Crippen MR) is 72.2 cm³/mol.